The zero-order chi connectivity index (χ0) is 13.8. The number of piperidine rings is 1. The molecular formula is C14H18ClFN2O. The fraction of sp³-hybridized carbons (Fsp3) is 0.500. The number of amides is 1. The highest BCUT2D eigenvalue weighted by atomic mass is 35.5. The second-order valence-corrected chi connectivity index (χ2v) is 5.38. The molecule has 0 spiro atoms. The van der Waals surface area contributed by atoms with Gasteiger partial charge in [0.1, 0.15) is 5.82 Å². The zero-order valence-electron chi connectivity index (χ0n) is 11.0. The maximum absolute atomic E-state index is 13.0. The summed E-state index contributed by atoms with van der Waals surface area (Å²) in [5.41, 5.74) is 0.766. The number of carbonyl (C=O) groups is 1. The summed E-state index contributed by atoms with van der Waals surface area (Å²) in [5, 5.41) is 3.59. The van der Waals surface area contributed by atoms with E-state index in [2.05, 4.69) is 5.32 Å². The Morgan fingerprint density at radius 2 is 2.37 bits per heavy atom. The van der Waals surface area contributed by atoms with Gasteiger partial charge in [-0.05, 0) is 37.1 Å². The van der Waals surface area contributed by atoms with Crippen LogP contribution in [0.25, 0.3) is 0 Å². The van der Waals surface area contributed by atoms with Crippen molar-refractivity contribution < 1.29 is 9.18 Å². The van der Waals surface area contributed by atoms with Gasteiger partial charge in [-0.25, -0.2) is 4.39 Å². The van der Waals surface area contributed by atoms with Crippen LogP contribution < -0.4 is 5.32 Å². The predicted molar refractivity (Wildman–Crippen MR) is 73.5 cm³/mol. The molecular weight excluding hydrogens is 267 g/mol. The Morgan fingerprint density at radius 1 is 1.58 bits per heavy atom. The van der Waals surface area contributed by atoms with Gasteiger partial charge in [-0.15, -0.1) is 0 Å². The van der Waals surface area contributed by atoms with Gasteiger partial charge in [0.15, 0.2) is 0 Å². The van der Waals surface area contributed by atoms with Gasteiger partial charge < -0.3 is 10.2 Å². The van der Waals surface area contributed by atoms with Crippen LogP contribution in [-0.4, -0.2) is 30.9 Å². The predicted octanol–water partition coefficient (Wildman–Crippen LogP) is 2.44. The average Bonchev–Trinajstić information content (AvgIpc) is 2.42. The third-order valence-corrected chi connectivity index (χ3v) is 3.80. The first-order valence-electron chi connectivity index (χ1n) is 6.47. The van der Waals surface area contributed by atoms with Crippen molar-refractivity contribution in [3.63, 3.8) is 0 Å². The Balaban J connectivity index is 1.99. The third-order valence-electron chi connectivity index (χ3n) is 3.44. The molecule has 1 heterocycles. The number of hydrogen-bond donors (Lipinski definition) is 1. The minimum absolute atomic E-state index is 0.0398. The highest BCUT2D eigenvalue weighted by Gasteiger charge is 2.24. The Labute approximate surface area is 117 Å². The van der Waals surface area contributed by atoms with Gasteiger partial charge in [-0.3, -0.25) is 4.79 Å². The molecule has 1 atom stereocenters. The molecule has 2 rings (SSSR count). The van der Waals surface area contributed by atoms with E-state index in [4.69, 9.17) is 11.6 Å². The molecule has 1 aromatic rings. The summed E-state index contributed by atoms with van der Waals surface area (Å²) in [4.78, 5) is 13.9. The van der Waals surface area contributed by atoms with E-state index in [0.717, 1.165) is 31.5 Å². The summed E-state index contributed by atoms with van der Waals surface area (Å²) >= 11 is 5.97. The molecule has 1 amide bonds. The highest BCUT2D eigenvalue weighted by molar-refractivity contribution is 6.31. The summed E-state index contributed by atoms with van der Waals surface area (Å²) in [6.07, 6.45) is 1.95. The molecule has 1 aliphatic heterocycles. The van der Waals surface area contributed by atoms with Crippen LogP contribution in [0.15, 0.2) is 18.2 Å². The highest BCUT2D eigenvalue weighted by Crippen LogP contribution is 2.20. The number of nitrogens with zero attached hydrogens (tertiary/aromatic N) is 1. The molecule has 3 nitrogen and oxygen atoms in total. The Morgan fingerprint density at radius 3 is 3.00 bits per heavy atom. The van der Waals surface area contributed by atoms with Crippen molar-refractivity contribution in [1.82, 2.24) is 10.2 Å². The van der Waals surface area contributed by atoms with Crippen LogP contribution in [-0.2, 0) is 11.3 Å². The van der Waals surface area contributed by atoms with E-state index in [1.807, 2.05) is 0 Å². The lowest BCUT2D eigenvalue weighted by molar-refractivity contribution is -0.135. The smallest absolute Gasteiger partial charge is 0.227 e. The molecule has 5 heteroatoms. The Bertz CT molecular complexity index is 461. The molecule has 0 saturated carbocycles. The van der Waals surface area contributed by atoms with Crippen LogP contribution in [0, 0.1) is 11.7 Å². The van der Waals surface area contributed by atoms with Crippen LogP contribution in [0.5, 0.6) is 0 Å². The molecule has 0 unspecified atom stereocenters. The van der Waals surface area contributed by atoms with Crippen LogP contribution in [0.3, 0.4) is 0 Å². The van der Waals surface area contributed by atoms with Crippen LogP contribution in [0.2, 0.25) is 5.02 Å². The van der Waals surface area contributed by atoms with Crippen molar-refractivity contribution in [1.29, 1.82) is 0 Å². The van der Waals surface area contributed by atoms with Crippen molar-refractivity contribution in [2.24, 2.45) is 5.92 Å². The summed E-state index contributed by atoms with van der Waals surface area (Å²) in [7, 11) is 1.76. The second-order valence-electron chi connectivity index (χ2n) is 4.97. The van der Waals surface area contributed by atoms with Crippen molar-refractivity contribution in [2.45, 2.75) is 19.4 Å². The quantitative estimate of drug-likeness (QED) is 0.925. The first-order valence-corrected chi connectivity index (χ1v) is 6.85. The zero-order valence-corrected chi connectivity index (χ0v) is 11.7. The Hall–Kier alpha value is -1.13. The minimum Gasteiger partial charge on any atom is -0.341 e. The monoisotopic (exact) mass is 284 g/mol. The van der Waals surface area contributed by atoms with Crippen molar-refractivity contribution in [3.8, 4) is 0 Å². The maximum Gasteiger partial charge on any atom is 0.227 e. The number of benzene rings is 1. The molecule has 0 radical (unpaired) electrons. The summed E-state index contributed by atoms with van der Waals surface area (Å²) in [5.74, 6) is -0.204. The van der Waals surface area contributed by atoms with Gasteiger partial charge in [0.25, 0.3) is 0 Å². The fourth-order valence-electron chi connectivity index (χ4n) is 2.36. The van der Waals surface area contributed by atoms with Gasteiger partial charge in [0.2, 0.25) is 5.91 Å². The largest absolute Gasteiger partial charge is 0.341 e. The van der Waals surface area contributed by atoms with Gasteiger partial charge in [-0.1, -0.05) is 17.7 Å². The van der Waals surface area contributed by atoms with Crippen LogP contribution in [0.4, 0.5) is 4.39 Å². The van der Waals surface area contributed by atoms with Crippen molar-refractivity contribution >= 4 is 17.5 Å². The molecule has 0 bridgehead atoms. The fourth-order valence-corrected chi connectivity index (χ4v) is 2.58. The van der Waals surface area contributed by atoms with E-state index >= 15 is 0 Å². The van der Waals surface area contributed by atoms with Crippen molar-refractivity contribution in [2.75, 3.05) is 20.1 Å². The van der Waals surface area contributed by atoms with Crippen molar-refractivity contribution in [3.05, 3.63) is 34.6 Å². The van der Waals surface area contributed by atoms with Gasteiger partial charge >= 0.3 is 0 Å². The number of halogens is 2. The molecule has 104 valence electrons. The van der Waals surface area contributed by atoms with E-state index in [1.54, 1.807) is 18.0 Å². The molecule has 1 aliphatic rings. The normalized spacial score (nSPS) is 19.2. The third kappa shape index (κ3) is 3.67. The molecule has 19 heavy (non-hydrogen) atoms. The summed E-state index contributed by atoms with van der Waals surface area (Å²) < 4.78 is 13.0. The average molecular weight is 285 g/mol. The number of rotatable bonds is 3. The number of carbonyl (C=O) groups excluding carboxylic acids is 1. The van der Waals surface area contributed by atoms with E-state index in [-0.39, 0.29) is 17.6 Å². The number of nitrogens with one attached hydrogen (secondary N) is 1. The van der Waals surface area contributed by atoms with Crippen LogP contribution >= 0.6 is 11.6 Å². The number of hydrogen-bond acceptors (Lipinski definition) is 2. The van der Waals surface area contributed by atoms with E-state index in [9.17, 15) is 9.18 Å². The van der Waals surface area contributed by atoms with E-state index in [0.29, 0.717) is 11.6 Å². The van der Waals surface area contributed by atoms with Gasteiger partial charge in [0, 0.05) is 25.2 Å². The van der Waals surface area contributed by atoms with Gasteiger partial charge in [-0.2, -0.15) is 0 Å². The lowest BCUT2D eigenvalue weighted by Crippen LogP contribution is -2.41. The summed E-state index contributed by atoms with van der Waals surface area (Å²) in [6.45, 7) is 2.13. The lowest BCUT2D eigenvalue weighted by atomic mass is 9.98. The molecule has 1 aromatic carbocycles. The first-order chi connectivity index (χ1) is 9.08. The topological polar surface area (TPSA) is 32.3 Å². The van der Waals surface area contributed by atoms with Gasteiger partial charge in [0.05, 0.1) is 5.92 Å². The SMILES string of the molecule is CN(Cc1ccc(F)cc1Cl)C(=O)[C@@H]1CCCNC1. The summed E-state index contributed by atoms with van der Waals surface area (Å²) in [6, 6.07) is 4.26. The van der Waals surface area contributed by atoms with E-state index < -0.39 is 0 Å². The second kappa shape index (κ2) is 6.35. The standard InChI is InChI=1S/C14H18ClFN2O/c1-18(14(19)10-3-2-6-17-8-10)9-11-4-5-12(16)7-13(11)15/h4-5,7,10,17H,2-3,6,8-9H2,1H3/t10-/m1/s1. The molecule has 0 aliphatic carbocycles. The Kier molecular flexibility index (Phi) is 4.77. The lowest BCUT2D eigenvalue weighted by Gasteiger charge is -2.27. The maximum atomic E-state index is 13.0. The molecule has 1 fully saturated rings. The molecule has 1 saturated heterocycles. The molecule has 0 aromatic heterocycles. The first kappa shape index (κ1) is 14.3. The minimum atomic E-state index is -0.362. The van der Waals surface area contributed by atoms with E-state index in [1.165, 1.54) is 12.1 Å². The molecule has 1 N–H and O–H groups in total. The van der Waals surface area contributed by atoms with Crippen LogP contribution in [0.1, 0.15) is 18.4 Å².